The SMILES string of the molecule is Cc1cn([C@H]2C[C@@H](OP(=S)(OCCOCCOCCNC(=O)CC(C)(C)OC(C)(C)CN)OCC3O[C@@H](n4ccc(N)nc4=O)C[C@H]3C(C)C)C(COP(O)(=S)O[C@@H]3C[C@H](n4cnc5c(=O)[nH]c(N)nc54)OC3COP(=O)(S)O[C@@H]3C[C@H](n4ccc(N)nc4=O)OC3COP(O)(=S)O[C@@H]3C[C@H](n4cc(Br)c(=O)[nH]c4=O)OC3CO)O2)c(=O)[nH]c1=O. The number of imidazole rings is 1. The summed E-state index contributed by atoms with van der Waals surface area (Å²) in [5.41, 5.74) is 16.6. The number of nitrogen functional groups attached to an aromatic ring is 3. The van der Waals surface area contributed by atoms with E-state index in [-0.39, 0.29) is 141 Å². The van der Waals surface area contributed by atoms with E-state index in [1.807, 2.05) is 27.7 Å². The first-order valence-corrected chi connectivity index (χ1v) is 48.7. The molecule has 120 heavy (non-hydrogen) atoms. The summed E-state index contributed by atoms with van der Waals surface area (Å²) in [6.45, 7) is -7.89. The maximum Gasteiger partial charge on any atom is 0.386 e. The highest BCUT2D eigenvalue weighted by Gasteiger charge is 2.50. The summed E-state index contributed by atoms with van der Waals surface area (Å²) >= 11 is 24.8. The molecule has 1 amide bonds. The number of ether oxygens (including phenoxy) is 8. The van der Waals surface area contributed by atoms with Gasteiger partial charge in [-0.25, -0.2) is 28.7 Å². The molecule has 19 atom stereocenters. The number of aromatic amines is 3. The van der Waals surface area contributed by atoms with Crippen molar-refractivity contribution in [3.05, 3.63) is 126 Å². The van der Waals surface area contributed by atoms with E-state index >= 15 is 0 Å². The van der Waals surface area contributed by atoms with Gasteiger partial charge in [0, 0.05) is 69.1 Å². The van der Waals surface area contributed by atoms with Gasteiger partial charge < -0.3 is 113 Å². The maximum atomic E-state index is 14.8. The largest absolute Gasteiger partial charge is 0.394 e. The highest BCUT2D eigenvalue weighted by atomic mass is 79.9. The number of fused-ring (bicyclic) bond motifs is 1. The molecule has 0 saturated carbocycles. The highest BCUT2D eigenvalue weighted by molar-refractivity contribution is 9.10. The van der Waals surface area contributed by atoms with Crippen LogP contribution in [0.1, 0.15) is 117 Å². The van der Waals surface area contributed by atoms with Gasteiger partial charge in [0.05, 0.1) is 119 Å². The number of aryl methyl sites for hydroxylation is 1. The van der Waals surface area contributed by atoms with Crippen molar-refractivity contribution in [2.45, 2.75) is 184 Å². The smallest absolute Gasteiger partial charge is 0.386 e. The number of nitrogens with zero attached hydrogens (tertiary/aromatic N) is 9. The van der Waals surface area contributed by atoms with Gasteiger partial charge in [-0.1, -0.05) is 26.1 Å². The van der Waals surface area contributed by atoms with Gasteiger partial charge >= 0.3 is 49.7 Å². The first-order valence-electron chi connectivity index (χ1n) is 37.5. The number of amides is 1. The summed E-state index contributed by atoms with van der Waals surface area (Å²) < 4.78 is 125. The zero-order chi connectivity index (χ0) is 87.1. The minimum atomic E-state index is -4.75. The number of aliphatic hydroxyl groups excluding tert-OH is 1. The van der Waals surface area contributed by atoms with Crippen LogP contribution in [0.5, 0.6) is 0 Å². The fourth-order valence-electron chi connectivity index (χ4n) is 13.9. The van der Waals surface area contributed by atoms with E-state index in [1.54, 1.807) is 13.8 Å². The van der Waals surface area contributed by atoms with Crippen molar-refractivity contribution in [2.75, 3.05) is 96.4 Å². The molecule has 0 aliphatic carbocycles. The molecule has 0 bridgehead atoms. The highest BCUT2D eigenvalue weighted by Crippen LogP contribution is 2.59. The molecule has 55 heteroatoms. The van der Waals surface area contributed by atoms with Gasteiger partial charge in [-0.2, -0.15) is 15.0 Å². The minimum Gasteiger partial charge on any atom is -0.394 e. The van der Waals surface area contributed by atoms with Crippen LogP contribution < -0.4 is 67.7 Å². The summed E-state index contributed by atoms with van der Waals surface area (Å²) in [5.74, 6) is -0.941. The number of carbonyl (C=O) groups is 1. The molecule has 666 valence electrons. The molecule has 6 aromatic rings. The van der Waals surface area contributed by atoms with Gasteiger partial charge in [0.1, 0.15) is 73.3 Å². The van der Waals surface area contributed by atoms with Crippen LogP contribution in [0.2, 0.25) is 0 Å². The van der Waals surface area contributed by atoms with Crippen molar-refractivity contribution in [1.82, 2.24) is 63.0 Å². The molecule has 15 N–H and O–H groups in total. The van der Waals surface area contributed by atoms with E-state index in [2.05, 4.69) is 68.4 Å². The predicted octanol–water partition coefficient (Wildman–Crippen LogP) is 1.65. The van der Waals surface area contributed by atoms with E-state index in [0.717, 1.165) is 13.7 Å². The first kappa shape index (κ1) is 95.2. The number of anilines is 3. The van der Waals surface area contributed by atoms with Crippen molar-refractivity contribution >= 4 is 125 Å². The predicted molar refractivity (Wildman–Crippen MR) is 442 cm³/mol. The molecular weight excluding hydrogens is 1810 g/mol. The van der Waals surface area contributed by atoms with Crippen LogP contribution in [0.4, 0.5) is 17.6 Å². The van der Waals surface area contributed by atoms with Gasteiger partial charge in [0.2, 0.25) is 11.9 Å². The van der Waals surface area contributed by atoms with Crippen LogP contribution in [0.15, 0.2) is 81.3 Å². The van der Waals surface area contributed by atoms with Crippen molar-refractivity contribution in [2.24, 2.45) is 17.6 Å². The average molecular weight is 1910 g/mol. The fourth-order valence-corrected chi connectivity index (χ4v) is 20.8. The Labute approximate surface area is 711 Å². The molecule has 0 radical (unpaired) electrons. The number of nitrogens with one attached hydrogen (secondary N) is 4. The summed E-state index contributed by atoms with van der Waals surface area (Å²) in [6.07, 6.45) is -11.2. The standard InChI is InChI=1S/C65H96BrN17O29P4S4/c1-33(2)35-18-49(79-11-8-46(68)73-60(79)89)104-42(35)27-102-116(120,98-17-16-97-15-14-96-13-10-71-48(85)23-64(4,5)112-65(6,7)31-67)111-40-22-51(81-24-34(3)56(86)77-62(81)91)106-45(40)30-101-115(95,119)110-39-21-53(83-32-72-54-55(83)75-59(70)76-58(54)88)107-44(39)29-100-114(94,118)109-38-20-50(80-12-9-47(69)74-61(80)90)105-43(38)28-99-113(93,117)108-37-19-52(103-41(37)26-84)82-25-36(66)57(87)78-63(82)92/h8-9,11-12,24-25,32-33,35,37-45,49-53,84H,10,13-23,26-31,67H2,1-7H3,(H,71,85)(H,93,117)(H,94,118)(H,95,119)(H2,68,73,89)(H2,69,74,90)(H,77,86,91)(H,78,87,92)(H3,70,75,76,88)/t35-,37+,38+,39+,40+,41?,42?,43?,44?,45?,49+,50+,51+,52+,53+,113?,114?,115?,116?/m0/s1. The summed E-state index contributed by atoms with van der Waals surface area (Å²) in [4.78, 5) is 150. The first-order chi connectivity index (χ1) is 56.5. The molecule has 11 rings (SSSR count). The third-order valence-electron chi connectivity index (χ3n) is 19.5. The number of hydrogen-bond donors (Lipinski definition) is 12. The van der Waals surface area contributed by atoms with Gasteiger partial charge in [0.25, 0.3) is 16.7 Å². The maximum absolute atomic E-state index is 14.8. The Morgan fingerprint density at radius 1 is 0.625 bits per heavy atom. The van der Waals surface area contributed by atoms with E-state index < -0.39 is 190 Å². The van der Waals surface area contributed by atoms with Gasteiger partial charge in [-0.05, 0) is 116 Å². The monoisotopic (exact) mass is 1910 g/mol. The Balaban J connectivity index is 0.797. The third kappa shape index (κ3) is 25.2. The number of aliphatic hydroxyl groups is 1. The summed E-state index contributed by atoms with van der Waals surface area (Å²) in [6, 6.07) is 2.76. The Morgan fingerprint density at radius 2 is 1.11 bits per heavy atom. The zero-order valence-corrected chi connectivity index (χ0v) is 74.1. The minimum absolute atomic E-state index is 0.0116. The molecule has 0 spiro atoms. The molecular formula is C65H96BrN17O29P4S4. The molecule has 5 aliphatic heterocycles. The number of thiol groups is 1. The quantitative estimate of drug-likeness (QED) is 0.0147. The Kier molecular flexibility index (Phi) is 32.1. The average Bonchev–Trinajstić information content (AvgIpc) is 1.63. The topological polar surface area (TPSA) is 611 Å². The molecule has 5 saturated heterocycles. The number of carbonyl (C=O) groups excluding carboxylic acids is 1. The normalized spacial score (nSPS) is 26.8. The molecule has 0 aromatic carbocycles. The van der Waals surface area contributed by atoms with E-state index in [1.165, 1.54) is 59.3 Å². The van der Waals surface area contributed by atoms with Crippen LogP contribution in [-0.2, 0) is 123 Å². The second-order valence-corrected chi connectivity index (χ2v) is 42.2. The van der Waals surface area contributed by atoms with E-state index in [0.29, 0.717) is 6.42 Å². The third-order valence-corrected chi connectivity index (χ3v) is 27.3. The lowest BCUT2D eigenvalue weighted by Crippen LogP contribution is -2.44. The molecule has 5 fully saturated rings. The summed E-state index contributed by atoms with van der Waals surface area (Å²) in [5, 5.41) is 13.1. The molecule has 9 unspecified atom stereocenters. The molecule has 11 heterocycles. The Morgan fingerprint density at radius 3 is 1.68 bits per heavy atom. The fraction of sp³-hybridized carbons (Fsp3) is 0.662. The number of H-pyrrole nitrogens is 3. The van der Waals surface area contributed by atoms with Crippen LogP contribution in [0.25, 0.3) is 11.2 Å². The number of nitrogens with two attached hydrogens (primary N) is 4. The lowest BCUT2D eigenvalue weighted by atomic mass is 9.89. The number of rotatable bonds is 42. The van der Waals surface area contributed by atoms with Gasteiger partial charge in [-0.15, -0.1) is 0 Å². The van der Waals surface area contributed by atoms with Crippen LogP contribution in [0, 0.1) is 18.8 Å². The summed E-state index contributed by atoms with van der Waals surface area (Å²) in [7, 11) is 0. The molecule has 6 aromatic heterocycles. The zero-order valence-electron chi connectivity index (χ0n) is 65.6. The van der Waals surface area contributed by atoms with E-state index in [9.17, 15) is 57.8 Å². The molecule has 46 nitrogen and oxygen atoms in total. The van der Waals surface area contributed by atoms with Crippen LogP contribution >= 0.6 is 55.1 Å². The molecule has 5 aliphatic rings. The second-order valence-electron chi connectivity index (χ2n) is 29.9. The number of hydrogen-bond acceptors (Lipinski definition) is 38. The Bertz CT molecular complexity index is 5280. The second kappa shape index (κ2) is 40.4. The van der Waals surface area contributed by atoms with Crippen LogP contribution in [0.3, 0.4) is 0 Å². The van der Waals surface area contributed by atoms with Crippen LogP contribution in [-0.4, -0.2) is 224 Å². The Hall–Kier alpha value is -5.49. The number of halogens is 1. The lowest BCUT2D eigenvalue weighted by molar-refractivity contribution is -0.142. The van der Waals surface area contributed by atoms with Gasteiger partial charge in [-0.3, -0.25) is 66.0 Å². The lowest BCUT2D eigenvalue weighted by Gasteiger charge is -2.35. The van der Waals surface area contributed by atoms with Gasteiger partial charge in [0.15, 0.2) is 11.2 Å². The number of aromatic nitrogens is 12. The van der Waals surface area contributed by atoms with Crippen molar-refractivity contribution in [3.63, 3.8) is 0 Å². The van der Waals surface area contributed by atoms with E-state index in [4.69, 9.17) is 137 Å². The van der Waals surface area contributed by atoms with Crippen molar-refractivity contribution in [3.8, 4) is 0 Å². The van der Waals surface area contributed by atoms with Crippen molar-refractivity contribution < 1.29 is 103 Å². The van der Waals surface area contributed by atoms with Crippen molar-refractivity contribution in [1.29, 1.82) is 0 Å².